The molecule has 1 aromatic carbocycles. The van der Waals surface area contributed by atoms with Crippen molar-refractivity contribution in [2.75, 3.05) is 36.0 Å². The van der Waals surface area contributed by atoms with Crippen LogP contribution in [-0.4, -0.2) is 47.7 Å². The summed E-state index contributed by atoms with van der Waals surface area (Å²) in [6, 6.07) is 7.41. The Morgan fingerprint density at radius 1 is 1.41 bits per heavy atom. The molecule has 154 valence electrons. The molecule has 0 aliphatic carbocycles. The van der Waals surface area contributed by atoms with Gasteiger partial charge in [-0.2, -0.15) is 0 Å². The molecule has 3 rings (SSSR count). The predicted octanol–water partition coefficient (Wildman–Crippen LogP) is 3.39. The molecule has 2 heterocycles. The number of aryl methyl sites for hydroxylation is 1. The van der Waals surface area contributed by atoms with Crippen LogP contribution in [0.1, 0.15) is 30.9 Å². The number of pyridine rings is 1. The molecule has 1 unspecified atom stereocenters. The quantitative estimate of drug-likeness (QED) is 0.519. The Balaban J connectivity index is 1.63. The van der Waals surface area contributed by atoms with Crippen molar-refractivity contribution in [3.63, 3.8) is 0 Å². The number of nitrogens with two attached hydrogens (primary N) is 1. The van der Waals surface area contributed by atoms with Gasteiger partial charge in [0.25, 0.3) is 0 Å². The van der Waals surface area contributed by atoms with E-state index in [0.29, 0.717) is 22.9 Å². The van der Waals surface area contributed by atoms with Gasteiger partial charge in [0.1, 0.15) is 5.82 Å². The van der Waals surface area contributed by atoms with Crippen molar-refractivity contribution in [1.29, 1.82) is 5.41 Å². The maximum absolute atomic E-state index is 12.7. The van der Waals surface area contributed by atoms with Crippen LogP contribution in [0.15, 0.2) is 30.5 Å². The third-order valence-electron chi connectivity index (χ3n) is 5.16. The van der Waals surface area contributed by atoms with Crippen molar-refractivity contribution in [3.05, 3.63) is 46.6 Å². The third kappa shape index (κ3) is 5.17. The number of carbonyl (C=O) groups is 1. The number of rotatable bonds is 7. The number of nitrogen functional groups attached to an aromatic ring is 1. The lowest BCUT2D eigenvalue weighted by molar-refractivity contribution is -0.130. The number of carbonyl (C=O) groups excluding carboxylic acids is 1. The van der Waals surface area contributed by atoms with E-state index in [2.05, 4.69) is 15.6 Å². The summed E-state index contributed by atoms with van der Waals surface area (Å²) in [4.78, 5) is 18.7. The highest BCUT2D eigenvalue weighted by atomic mass is 35.5. The Bertz CT molecular complexity index is 870. The minimum absolute atomic E-state index is 0.0590. The Labute approximate surface area is 176 Å². The first-order valence-electron chi connectivity index (χ1n) is 9.83. The van der Waals surface area contributed by atoms with E-state index >= 15 is 0 Å². The lowest BCUT2D eigenvalue weighted by Crippen LogP contribution is -2.47. The van der Waals surface area contributed by atoms with E-state index in [4.69, 9.17) is 22.7 Å². The SMILES string of the molecule is CCc1cnc(N)c(C=N)c1NC1CCCN(C(=O)CNc2ccc(Cl)cc2)C1. The Kier molecular flexibility index (Phi) is 6.93. The van der Waals surface area contributed by atoms with Gasteiger partial charge >= 0.3 is 0 Å². The Hall–Kier alpha value is -2.80. The number of nitrogens with one attached hydrogen (secondary N) is 3. The average Bonchev–Trinajstić information content (AvgIpc) is 2.74. The normalized spacial score (nSPS) is 16.3. The lowest BCUT2D eigenvalue weighted by Gasteiger charge is -2.34. The number of halogens is 1. The maximum Gasteiger partial charge on any atom is 0.241 e. The molecule has 1 aliphatic rings. The molecule has 1 aromatic heterocycles. The number of aromatic nitrogens is 1. The minimum atomic E-state index is 0.0590. The molecule has 5 N–H and O–H groups in total. The molecule has 1 atom stereocenters. The summed E-state index contributed by atoms with van der Waals surface area (Å²) in [6.45, 7) is 3.65. The zero-order valence-corrected chi connectivity index (χ0v) is 17.3. The number of nitrogens with zero attached hydrogens (tertiary/aromatic N) is 2. The second-order valence-electron chi connectivity index (χ2n) is 7.14. The highest BCUT2D eigenvalue weighted by Crippen LogP contribution is 2.26. The first-order chi connectivity index (χ1) is 14.0. The van der Waals surface area contributed by atoms with Gasteiger partial charge in [-0.25, -0.2) is 4.98 Å². The van der Waals surface area contributed by atoms with Crippen LogP contribution in [0.2, 0.25) is 5.02 Å². The first kappa shape index (κ1) is 20.9. The highest BCUT2D eigenvalue weighted by molar-refractivity contribution is 6.30. The number of likely N-dealkylation sites (tertiary alicyclic amines) is 1. The summed E-state index contributed by atoms with van der Waals surface area (Å²) in [5.74, 6) is 0.402. The van der Waals surface area contributed by atoms with Crippen molar-refractivity contribution in [1.82, 2.24) is 9.88 Å². The van der Waals surface area contributed by atoms with Gasteiger partial charge in [-0.1, -0.05) is 18.5 Å². The number of hydrogen-bond acceptors (Lipinski definition) is 6. The summed E-state index contributed by atoms with van der Waals surface area (Å²) in [5.41, 5.74) is 9.31. The molecule has 1 saturated heterocycles. The van der Waals surface area contributed by atoms with Gasteiger partial charge in [-0.05, 0) is 49.1 Å². The Morgan fingerprint density at radius 2 is 2.17 bits per heavy atom. The molecular weight excluding hydrogens is 388 g/mol. The fraction of sp³-hybridized carbons (Fsp3) is 0.381. The molecule has 1 fully saturated rings. The van der Waals surface area contributed by atoms with Crippen LogP contribution < -0.4 is 16.4 Å². The van der Waals surface area contributed by atoms with Gasteiger partial charge in [-0.3, -0.25) is 4.79 Å². The lowest BCUT2D eigenvalue weighted by atomic mass is 10.0. The summed E-state index contributed by atoms with van der Waals surface area (Å²) in [6.07, 6.45) is 5.67. The maximum atomic E-state index is 12.7. The van der Waals surface area contributed by atoms with Crippen LogP contribution >= 0.6 is 11.6 Å². The zero-order valence-electron chi connectivity index (χ0n) is 16.5. The van der Waals surface area contributed by atoms with Crippen LogP contribution in [0.4, 0.5) is 17.2 Å². The van der Waals surface area contributed by atoms with Crippen molar-refractivity contribution >= 4 is 40.9 Å². The first-order valence-corrected chi connectivity index (χ1v) is 10.2. The number of benzene rings is 1. The smallest absolute Gasteiger partial charge is 0.241 e. The standard InChI is InChI=1S/C21H27ClN6O/c1-2-14-11-26-21(24)18(10-23)20(14)27-17-4-3-9-28(13-17)19(29)12-25-16-7-5-15(22)6-8-16/h5-8,10-11,17,23,25H,2-4,9,12-13H2,1H3,(H3,24,26,27). The van der Waals surface area contributed by atoms with E-state index in [1.54, 1.807) is 18.3 Å². The number of hydrogen-bond donors (Lipinski definition) is 4. The Morgan fingerprint density at radius 3 is 2.86 bits per heavy atom. The van der Waals surface area contributed by atoms with E-state index in [9.17, 15) is 4.79 Å². The van der Waals surface area contributed by atoms with Crippen LogP contribution in [0.5, 0.6) is 0 Å². The van der Waals surface area contributed by atoms with E-state index in [1.165, 1.54) is 6.21 Å². The molecule has 29 heavy (non-hydrogen) atoms. The summed E-state index contributed by atoms with van der Waals surface area (Å²) >= 11 is 5.90. The molecule has 7 nitrogen and oxygen atoms in total. The van der Waals surface area contributed by atoms with Crippen LogP contribution in [-0.2, 0) is 11.2 Å². The van der Waals surface area contributed by atoms with Crippen LogP contribution in [0, 0.1) is 5.41 Å². The van der Waals surface area contributed by atoms with Gasteiger partial charge in [0, 0.05) is 42.3 Å². The summed E-state index contributed by atoms with van der Waals surface area (Å²) < 4.78 is 0. The molecule has 2 aromatic rings. The largest absolute Gasteiger partial charge is 0.383 e. The van der Waals surface area contributed by atoms with Crippen LogP contribution in [0.25, 0.3) is 0 Å². The number of amides is 1. The van der Waals surface area contributed by atoms with E-state index < -0.39 is 0 Å². The molecule has 0 spiro atoms. The van der Waals surface area contributed by atoms with Crippen molar-refractivity contribution in [3.8, 4) is 0 Å². The van der Waals surface area contributed by atoms with E-state index in [0.717, 1.165) is 42.7 Å². The molecule has 1 amide bonds. The topological polar surface area (TPSA) is 107 Å². The third-order valence-corrected chi connectivity index (χ3v) is 5.41. The molecular formula is C21H27ClN6O. The summed E-state index contributed by atoms with van der Waals surface area (Å²) in [5, 5.41) is 15.1. The van der Waals surface area contributed by atoms with E-state index in [1.807, 2.05) is 24.0 Å². The monoisotopic (exact) mass is 414 g/mol. The van der Waals surface area contributed by atoms with Crippen molar-refractivity contribution in [2.45, 2.75) is 32.2 Å². The van der Waals surface area contributed by atoms with Crippen LogP contribution in [0.3, 0.4) is 0 Å². The molecule has 8 heteroatoms. The van der Waals surface area contributed by atoms with Gasteiger partial charge < -0.3 is 26.7 Å². The number of anilines is 3. The molecule has 0 radical (unpaired) electrons. The molecule has 0 bridgehead atoms. The molecule has 0 saturated carbocycles. The van der Waals surface area contributed by atoms with Crippen molar-refractivity contribution in [2.24, 2.45) is 0 Å². The number of piperidine rings is 1. The van der Waals surface area contributed by atoms with Gasteiger partial charge in [0.05, 0.1) is 17.8 Å². The second kappa shape index (κ2) is 9.60. The van der Waals surface area contributed by atoms with Gasteiger partial charge in [0.2, 0.25) is 5.91 Å². The van der Waals surface area contributed by atoms with Crippen molar-refractivity contribution < 1.29 is 4.79 Å². The fourth-order valence-electron chi connectivity index (χ4n) is 3.55. The summed E-state index contributed by atoms with van der Waals surface area (Å²) in [7, 11) is 0. The van der Waals surface area contributed by atoms with Gasteiger partial charge in [-0.15, -0.1) is 0 Å². The van der Waals surface area contributed by atoms with Gasteiger partial charge in [0.15, 0.2) is 0 Å². The highest BCUT2D eigenvalue weighted by Gasteiger charge is 2.25. The van der Waals surface area contributed by atoms with E-state index in [-0.39, 0.29) is 18.5 Å². The molecule has 1 aliphatic heterocycles. The minimum Gasteiger partial charge on any atom is -0.383 e. The zero-order chi connectivity index (χ0) is 20.8. The second-order valence-corrected chi connectivity index (χ2v) is 7.58. The average molecular weight is 415 g/mol. The predicted molar refractivity (Wildman–Crippen MR) is 119 cm³/mol. The fourth-order valence-corrected chi connectivity index (χ4v) is 3.68.